The van der Waals surface area contributed by atoms with Crippen molar-refractivity contribution >= 4 is 27.7 Å². The van der Waals surface area contributed by atoms with Gasteiger partial charge in [0, 0.05) is 11.6 Å². The summed E-state index contributed by atoms with van der Waals surface area (Å²) in [6.45, 7) is -0.0133. The first-order valence-electron chi connectivity index (χ1n) is 8.12. The normalized spacial score (nSPS) is 18.7. The number of allylic oxidation sites excluding steroid dienone is 1. The molecule has 9 nitrogen and oxygen atoms in total. The summed E-state index contributed by atoms with van der Waals surface area (Å²) in [7, 11) is 0. The number of nitro groups is 1. The molecule has 30 heavy (non-hydrogen) atoms. The zero-order valence-corrected chi connectivity index (χ0v) is 16.3. The molecular weight excluding hydrogens is 482 g/mol. The van der Waals surface area contributed by atoms with Crippen molar-refractivity contribution < 1.29 is 32.4 Å². The molecule has 0 spiro atoms. The lowest BCUT2D eigenvalue weighted by molar-refractivity contribution is -0.390. The minimum absolute atomic E-state index is 0.0133. The number of halogens is 5. The summed E-state index contributed by atoms with van der Waals surface area (Å²) in [5.41, 5.74) is -2.25. The number of amides is 1. The van der Waals surface area contributed by atoms with Crippen LogP contribution in [-0.4, -0.2) is 49.3 Å². The molecule has 14 heteroatoms. The fourth-order valence-electron chi connectivity index (χ4n) is 2.74. The third-order valence-corrected chi connectivity index (χ3v) is 4.68. The molecule has 1 aliphatic rings. The zero-order valence-electron chi connectivity index (χ0n) is 14.7. The summed E-state index contributed by atoms with van der Waals surface area (Å²) < 4.78 is 53.8. The third-order valence-electron chi connectivity index (χ3n) is 4.12. The van der Waals surface area contributed by atoms with E-state index in [1.165, 1.54) is 35.1 Å². The molecule has 2 aromatic rings. The molecule has 0 fully saturated rings. The third kappa shape index (κ3) is 4.00. The fourth-order valence-corrected chi connectivity index (χ4v) is 3.20. The molecule has 1 amide bonds. The van der Waals surface area contributed by atoms with Crippen LogP contribution in [-0.2, 0) is 6.54 Å². The Morgan fingerprint density at radius 1 is 1.37 bits per heavy atom. The highest BCUT2D eigenvalue weighted by Crippen LogP contribution is 2.31. The average Bonchev–Trinajstić information content (AvgIpc) is 3.22. The number of aliphatic hydroxyl groups is 1. The maximum Gasteiger partial charge on any atom is 0.404 e. The van der Waals surface area contributed by atoms with Gasteiger partial charge in [-0.1, -0.05) is 12.1 Å². The van der Waals surface area contributed by atoms with Crippen LogP contribution in [0.15, 0.2) is 46.7 Å². The van der Waals surface area contributed by atoms with Crippen LogP contribution in [0.5, 0.6) is 0 Å². The van der Waals surface area contributed by atoms with Gasteiger partial charge in [0.1, 0.15) is 4.47 Å². The quantitative estimate of drug-likeness (QED) is 0.363. The molecule has 0 saturated heterocycles. The van der Waals surface area contributed by atoms with E-state index < -0.39 is 40.9 Å². The van der Waals surface area contributed by atoms with E-state index in [9.17, 15) is 37.6 Å². The van der Waals surface area contributed by atoms with Crippen molar-refractivity contribution in [2.24, 2.45) is 0 Å². The molecule has 2 heterocycles. The monoisotopic (exact) mass is 493 g/mol. The van der Waals surface area contributed by atoms with Gasteiger partial charge in [-0.25, -0.2) is 22.6 Å². The highest BCUT2D eigenvalue weighted by Gasteiger charge is 2.51. The zero-order chi connectivity index (χ0) is 22.2. The Bertz CT molecular complexity index is 1030. The molecule has 0 radical (unpaired) electrons. The van der Waals surface area contributed by atoms with Crippen LogP contribution in [0, 0.1) is 10.1 Å². The van der Waals surface area contributed by atoms with Gasteiger partial charge in [-0.15, -0.1) is 0 Å². The van der Waals surface area contributed by atoms with E-state index in [1.54, 1.807) is 0 Å². The Hall–Kier alpha value is -3.00. The summed E-state index contributed by atoms with van der Waals surface area (Å²) in [5, 5.41) is 24.7. The minimum atomic E-state index is -3.56. The van der Waals surface area contributed by atoms with Gasteiger partial charge in [-0.05, 0) is 38.5 Å². The van der Waals surface area contributed by atoms with Crippen molar-refractivity contribution in [3.05, 3.63) is 67.9 Å². The SMILES string of the molecule is O=C(c1cccc(Cn2cc(Br)c([N+](=O)[O-])n2)c1)N1NC(C(F)F)=CC1(O)C(F)F. The number of alkyl halides is 4. The maximum absolute atomic E-state index is 13.3. The molecule has 3 rings (SSSR count). The summed E-state index contributed by atoms with van der Waals surface area (Å²) in [5.74, 6) is -1.60. The number of carbonyl (C=O) groups is 1. The Balaban J connectivity index is 1.86. The van der Waals surface area contributed by atoms with E-state index in [0.29, 0.717) is 5.56 Å². The predicted molar refractivity (Wildman–Crippen MR) is 96.5 cm³/mol. The van der Waals surface area contributed by atoms with E-state index >= 15 is 0 Å². The van der Waals surface area contributed by atoms with Gasteiger partial charge >= 0.3 is 5.82 Å². The minimum Gasteiger partial charge on any atom is -0.361 e. The van der Waals surface area contributed by atoms with Crippen LogP contribution in [0.4, 0.5) is 23.4 Å². The number of nitrogens with one attached hydrogen (secondary N) is 1. The molecular formula is C16H12BrF4N5O4. The maximum atomic E-state index is 13.3. The topological polar surface area (TPSA) is 114 Å². The van der Waals surface area contributed by atoms with E-state index in [1.807, 2.05) is 5.43 Å². The summed E-state index contributed by atoms with van der Waals surface area (Å²) in [4.78, 5) is 22.8. The number of nitrogens with zero attached hydrogens (tertiary/aromatic N) is 4. The number of benzene rings is 1. The van der Waals surface area contributed by atoms with Crippen LogP contribution in [0.2, 0.25) is 0 Å². The number of hydrazine groups is 1. The van der Waals surface area contributed by atoms with Gasteiger partial charge in [-0.2, -0.15) is 4.68 Å². The molecule has 1 atom stereocenters. The predicted octanol–water partition coefficient (Wildman–Crippen LogP) is 2.67. The second-order valence-electron chi connectivity index (χ2n) is 6.19. The van der Waals surface area contributed by atoms with Crippen molar-refractivity contribution in [2.75, 3.05) is 0 Å². The van der Waals surface area contributed by atoms with Crippen molar-refractivity contribution in [2.45, 2.75) is 25.1 Å². The lowest BCUT2D eigenvalue weighted by Gasteiger charge is -2.31. The number of hydrogen-bond acceptors (Lipinski definition) is 6. The van der Waals surface area contributed by atoms with Crippen LogP contribution in [0.3, 0.4) is 0 Å². The Labute approximate surface area is 173 Å². The Kier molecular flexibility index (Phi) is 5.81. The van der Waals surface area contributed by atoms with E-state index in [-0.39, 0.29) is 27.7 Å². The lowest BCUT2D eigenvalue weighted by Crippen LogP contribution is -2.56. The first-order valence-corrected chi connectivity index (χ1v) is 8.91. The molecule has 2 N–H and O–H groups in total. The second kappa shape index (κ2) is 8.02. The number of aromatic nitrogens is 2. The first-order chi connectivity index (χ1) is 14.0. The van der Waals surface area contributed by atoms with Gasteiger partial charge < -0.3 is 15.2 Å². The van der Waals surface area contributed by atoms with E-state index in [0.717, 1.165) is 0 Å². The number of carbonyl (C=O) groups excluding carboxylic acids is 1. The molecule has 1 aromatic carbocycles. The largest absolute Gasteiger partial charge is 0.404 e. The molecule has 1 aromatic heterocycles. The number of rotatable bonds is 6. The number of hydrogen-bond donors (Lipinski definition) is 2. The van der Waals surface area contributed by atoms with Gasteiger partial charge in [0.15, 0.2) is 0 Å². The standard InChI is InChI=1S/C16H12BrF4N5O4/c17-10-7-24(23-13(10)26(29)30)6-8-2-1-3-9(4-8)14(27)25-16(28,15(20)21)5-11(22-25)12(18)19/h1-5,7,12,15,22,28H,6H2. The van der Waals surface area contributed by atoms with Crippen LogP contribution >= 0.6 is 15.9 Å². The summed E-state index contributed by atoms with van der Waals surface area (Å²) >= 11 is 3.00. The smallest absolute Gasteiger partial charge is 0.361 e. The highest BCUT2D eigenvalue weighted by atomic mass is 79.9. The molecule has 1 unspecified atom stereocenters. The first kappa shape index (κ1) is 21.7. The highest BCUT2D eigenvalue weighted by molar-refractivity contribution is 9.10. The van der Waals surface area contributed by atoms with Crippen molar-refractivity contribution in [1.82, 2.24) is 20.2 Å². The van der Waals surface area contributed by atoms with E-state index in [2.05, 4.69) is 21.0 Å². The van der Waals surface area contributed by atoms with Gasteiger partial charge in [-0.3, -0.25) is 10.2 Å². The van der Waals surface area contributed by atoms with Crippen LogP contribution < -0.4 is 5.43 Å². The second-order valence-corrected chi connectivity index (χ2v) is 7.05. The molecule has 160 valence electrons. The fraction of sp³-hybridized carbons (Fsp3) is 0.250. The summed E-state index contributed by atoms with van der Waals surface area (Å²) in [6, 6.07) is 5.44. The Morgan fingerprint density at radius 2 is 2.07 bits per heavy atom. The van der Waals surface area contributed by atoms with Gasteiger partial charge in [0.25, 0.3) is 18.8 Å². The average molecular weight is 494 g/mol. The van der Waals surface area contributed by atoms with Crippen LogP contribution in [0.1, 0.15) is 15.9 Å². The molecule has 0 bridgehead atoms. The molecule has 0 saturated carbocycles. The van der Waals surface area contributed by atoms with Crippen LogP contribution in [0.25, 0.3) is 0 Å². The molecule has 1 aliphatic heterocycles. The van der Waals surface area contributed by atoms with Crippen molar-refractivity contribution in [3.8, 4) is 0 Å². The molecule has 0 aliphatic carbocycles. The Morgan fingerprint density at radius 3 is 2.63 bits per heavy atom. The van der Waals surface area contributed by atoms with Gasteiger partial charge in [0.2, 0.25) is 5.72 Å². The van der Waals surface area contributed by atoms with Gasteiger partial charge in [0.05, 0.1) is 23.5 Å². The van der Waals surface area contributed by atoms with E-state index in [4.69, 9.17) is 0 Å². The lowest BCUT2D eigenvalue weighted by atomic mass is 10.1. The van der Waals surface area contributed by atoms with Crippen molar-refractivity contribution in [1.29, 1.82) is 0 Å². The van der Waals surface area contributed by atoms with Crippen molar-refractivity contribution in [3.63, 3.8) is 0 Å². The summed E-state index contributed by atoms with van der Waals surface area (Å²) in [6.07, 6.45) is -5.24.